The van der Waals surface area contributed by atoms with Gasteiger partial charge in [0.05, 0.1) is 11.0 Å². The van der Waals surface area contributed by atoms with E-state index in [4.69, 9.17) is 19.4 Å². The van der Waals surface area contributed by atoms with Crippen LogP contribution >= 0.6 is 0 Å². The van der Waals surface area contributed by atoms with E-state index in [9.17, 15) is 0 Å². The van der Waals surface area contributed by atoms with Gasteiger partial charge in [0, 0.05) is 49.5 Å². The predicted octanol–water partition coefficient (Wildman–Crippen LogP) is 14.4. The van der Waals surface area contributed by atoms with Gasteiger partial charge >= 0.3 is 0 Å². The Morgan fingerprint density at radius 2 is 0.950 bits per heavy atom. The molecule has 0 spiro atoms. The minimum absolute atomic E-state index is 0.613. The van der Waals surface area contributed by atoms with Gasteiger partial charge in [0.15, 0.2) is 17.5 Å². The third-order valence-corrected chi connectivity index (χ3v) is 11.6. The van der Waals surface area contributed by atoms with Gasteiger partial charge in [-0.3, -0.25) is 0 Å². The number of para-hydroxylation sites is 2. The molecular weight excluding hydrogens is 733 g/mol. The van der Waals surface area contributed by atoms with Crippen LogP contribution in [0.1, 0.15) is 0 Å². The standard InChI is InChI=1S/C55H34N4O/c1-3-15-36(16-4-1)53-56-54(37-17-5-2-6-18-37)58-55(57-53)41-20-11-21-42(33-41)59-48-26-10-9-22-43(48)45-24-12-25-46(52(45)59)44-23-13-27-50-51(44)47-34-40(30-31-49(47)60-50)39-29-28-35-14-7-8-19-38(35)32-39/h1-34H. The molecule has 0 amide bonds. The first-order valence-corrected chi connectivity index (χ1v) is 20.2. The summed E-state index contributed by atoms with van der Waals surface area (Å²) < 4.78 is 8.98. The van der Waals surface area contributed by atoms with Crippen LogP contribution in [0, 0.1) is 0 Å². The molecule has 5 heteroatoms. The van der Waals surface area contributed by atoms with E-state index in [2.05, 4.69) is 150 Å². The van der Waals surface area contributed by atoms with Gasteiger partial charge in [-0.2, -0.15) is 0 Å². The molecule has 0 aliphatic heterocycles. The van der Waals surface area contributed by atoms with E-state index in [1.54, 1.807) is 0 Å². The van der Waals surface area contributed by atoms with E-state index in [1.807, 2.05) is 60.7 Å². The second-order valence-corrected chi connectivity index (χ2v) is 15.2. The Hall–Kier alpha value is -8.15. The highest BCUT2D eigenvalue weighted by Gasteiger charge is 2.21. The van der Waals surface area contributed by atoms with E-state index in [0.29, 0.717) is 17.5 Å². The third-order valence-electron chi connectivity index (χ3n) is 11.6. The molecule has 12 rings (SSSR count). The molecule has 60 heavy (non-hydrogen) atoms. The molecule has 12 aromatic rings. The monoisotopic (exact) mass is 766 g/mol. The van der Waals surface area contributed by atoms with Crippen molar-refractivity contribution in [2.24, 2.45) is 0 Å². The van der Waals surface area contributed by atoms with Crippen LogP contribution in [0.4, 0.5) is 0 Å². The van der Waals surface area contributed by atoms with Gasteiger partial charge < -0.3 is 8.98 Å². The van der Waals surface area contributed by atoms with Crippen LogP contribution in [-0.2, 0) is 0 Å². The van der Waals surface area contributed by atoms with E-state index in [-0.39, 0.29) is 0 Å². The lowest BCUT2D eigenvalue weighted by Gasteiger charge is -2.14. The normalized spacial score (nSPS) is 11.7. The summed E-state index contributed by atoms with van der Waals surface area (Å²) in [6.45, 7) is 0. The number of nitrogens with zero attached hydrogens (tertiary/aromatic N) is 4. The number of hydrogen-bond donors (Lipinski definition) is 0. The molecule has 3 heterocycles. The minimum Gasteiger partial charge on any atom is -0.456 e. The van der Waals surface area contributed by atoms with Gasteiger partial charge in [-0.05, 0) is 69.9 Å². The summed E-state index contributed by atoms with van der Waals surface area (Å²) in [5.41, 5.74) is 12.3. The lowest BCUT2D eigenvalue weighted by atomic mass is 9.95. The van der Waals surface area contributed by atoms with Crippen molar-refractivity contribution in [2.45, 2.75) is 0 Å². The third kappa shape index (κ3) is 5.59. The number of hydrogen-bond acceptors (Lipinski definition) is 4. The maximum atomic E-state index is 6.58. The summed E-state index contributed by atoms with van der Waals surface area (Å²) in [5.74, 6) is 1.88. The quantitative estimate of drug-likeness (QED) is 0.169. The molecule has 280 valence electrons. The van der Waals surface area contributed by atoms with E-state index >= 15 is 0 Å². The summed E-state index contributed by atoms with van der Waals surface area (Å²) in [4.78, 5) is 15.1. The molecule has 0 unspecified atom stereocenters. The first kappa shape index (κ1) is 33.9. The molecule has 5 nitrogen and oxygen atoms in total. The first-order valence-electron chi connectivity index (χ1n) is 20.2. The molecule has 0 saturated carbocycles. The maximum Gasteiger partial charge on any atom is 0.164 e. The number of fused-ring (bicyclic) bond motifs is 7. The average Bonchev–Trinajstić information content (AvgIpc) is 3.88. The molecule has 0 bridgehead atoms. The van der Waals surface area contributed by atoms with Gasteiger partial charge in [0.1, 0.15) is 11.2 Å². The fraction of sp³-hybridized carbons (Fsp3) is 0. The Bertz CT molecular complexity index is 3550. The summed E-state index contributed by atoms with van der Waals surface area (Å²) in [6, 6.07) is 72.3. The summed E-state index contributed by atoms with van der Waals surface area (Å²) >= 11 is 0. The van der Waals surface area contributed by atoms with Crippen molar-refractivity contribution in [3.63, 3.8) is 0 Å². The highest BCUT2D eigenvalue weighted by Crippen LogP contribution is 2.44. The van der Waals surface area contributed by atoms with Crippen molar-refractivity contribution in [3.8, 4) is 62.1 Å². The SMILES string of the molecule is c1ccc(-c2nc(-c3ccccc3)nc(-c3cccc(-n4c5ccccc5c5cccc(-c6cccc7oc8ccc(-c9ccc%10ccccc%10c9)cc8c67)c54)c3)n2)cc1. The molecule has 0 saturated heterocycles. The smallest absolute Gasteiger partial charge is 0.164 e. The van der Waals surface area contributed by atoms with Gasteiger partial charge in [0.25, 0.3) is 0 Å². The van der Waals surface area contributed by atoms with Crippen molar-refractivity contribution in [3.05, 3.63) is 206 Å². The summed E-state index contributed by atoms with van der Waals surface area (Å²) in [7, 11) is 0. The average molecular weight is 767 g/mol. The molecule has 9 aromatic carbocycles. The lowest BCUT2D eigenvalue weighted by Crippen LogP contribution is -2.01. The second-order valence-electron chi connectivity index (χ2n) is 15.2. The van der Waals surface area contributed by atoms with Crippen molar-refractivity contribution in [2.75, 3.05) is 0 Å². The Balaban J connectivity index is 1.07. The van der Waals surface area contributed by atoms with Gasteiger partial charge in [-0.1, -0.05) is 164 Å². The second kappa shape index (κ2) is 13.8. The number of benzene rings is 9. The van der Waals surface area contributed by atoms with Crippen LogP contribution in [0.2, 0.25) is 0 Å². The Morgan fingerprint density at radius 1 is 0.350 bits per heavy atom. The zero-order chi connectivity index (χ0) is 39.6. The maximum absolute atomic E-state index is 6.58. The van der Waals surface area contributed by atoms with Crippen molar-refractivity contribution < 1.29 is 4.42 Å². The fourth-order valence-electron chi connectivity index (χ4n) is 8.83. The first-order chi connectivity index (χ1) is 29.7. The minimum atomic E-state index is 0.613. The van der Waals surface area contributed by atoms with Crippen LogP contribution in [-0.4, -0.2) is 19.5 Å². The van der Waals surface area contributed by atoms with Gasteiger partial charge in [0.2, 0.25) is 0 Å². The molecular formula is C55H34N4O. The molecule has 0 N–H and O–H groups in total. The van der Waals surface area contributed by atoms with Gasteiger partial charge in [-0.25, -0.2) is 15.0 Å². The van der Waals surface area contributed by atoms with Crippen LogP contribution in [0.3, 0.4) is 0 Å². The zero-order valence-corrected chi connectivity index (χ0v) is 32.3. The van der Waals surface area contributed by atoms with Crippen molar-refractivity contribution >= 4 is 54.5 Å². The predicted molar refractivity (Wildman–Crippen MR) is 246 cm³/mol. The summed E-state index contributed by atoms with van der Waals surface area (Å²) in [6.07, 6.45) is 0. The highest BCUT2D eigenvalue weighted by molar-refractivity contribution is 6.19. The number of rotatable bonds is 6. The molecule has 0 aliphatic rings. The summed E-state index contributed by atoms with van der Waals surface area (Å²) in [5, 5.41) is 7.00. The van der Waals surface area contributed by atoms with E-state index in [0.717, 1.165) is 72.0 Å². The number of aromatic nitrogens is 4. The Morgan fingerprint density at radius 3 is 1.75 bits per heavy atom. The molecule has 0 aliphatic carbocycles. The van der Waals surface area contributed by atoms with Crippen LogP contribution < -0.4 is 0 Å². The van der Waals surface area contributed by atoms with E-state index in [1.165, 1.54) is 27.1 Å². The zero-order valence-electron chi connectivity index (χ0n) is 32.3. The van der Waals surface area contributed by atoms with Crippen molar-refractivity contribution in [1.82, 2.24) is 19.5 Å². The molecule has 0 fully saturated rings. The molecule has 0 atom stereocenters. The highest BCUT2D eigenvalue weighted by atomic mass is 16.3. The van der Waals surface area contributed by atoms with Crippen LogP contribution in [0.5, 0.6) is 0 Å². The molecule has 0 radical (unpaired) electrons. The largest absolute Gasteiger partial charge is 0.456 e. The van der Waals surface area contributed by atoms with Crippen molar-refractivity contribution in [1.29, 1.82) is 0 Å². The van der Waals surface area contributed by atoms with Crippen LogP contribution in [0.15, 0.2) is 211 Å². The number of furan rings is 1. The van der Waals surface area contributed by atoms with Gasteiger partial charge in [-0.15, -0.1) is 0 Å². The van der Waals surface area contributed by atoms with Crippen LogP contribution in [0.25, 0.3) is 117 Å². The van der Waals surface area contributed by atoms with E-state index < -0.39 is 0 Å². The topological polar surface area (TPSA) is 56.7 Å². The molecule has 3 aromatic heterocycles. The Kier molecular flexibility index (Phi) is 7.78. The fourth-order valence-corrected chi connectivity index (χ4v) is 8.83. The Labute approximate surface area is 345 Å². The lowest BCUT2D eigenvalue weighted by molar-refractivity contribution is 0.669.